The molecule has 0 fully saturated rings. The summed E-state index contributed by atoms with van der Waals surface area (Å²) in [4.78, 5) is 0.545. The summed E-state index contributed by atoms with van der Waals surface area (Å²) >= 11 is 7.86. The Morgan fingerprint density at radius 1 is 0.824 bits per heavy atom. The molecule has 2 rings (SSSR count). The van der Waals surface area contributed by atoms with Crippen molar-refractivity contribution in [3.63, 3.8) is 0 Å². The van der Waals surface area contributed by atoms with Crippen molar-refractivity contribution in [2.24, 2.45) is 0 Å². The van der Waals surface area contributed by atoms with Gasteiger partial charge < -0.3 is 0 Å². The molecule has 0 N–H and O–H groups in total. The SMILES string of the molecule is O=S(=O)(c1ccc(Cl)cc1)c1ccc(I)cc1. The topological polar surface area (TPSA) is 34.1 Å². The van der Waals surface area contributed by atoms with E-state index in [4.69, 9.17) is 11.6 Å². The number of rotatable bonds is 2. The molecule has 0 atom stereocenters. The minimum atomic E-state index is -3.43. The minimum absolute atomic E-state index is 0.253. The number of halogens is 2. The van der Waals surface area contributed by atoms with Gasteiger partial charge in [-0.05, 0) is 71.1 Å². The first-order chi connectivity index (χ1) is 8.00. The van der Waals surface area contributed by atoms with E-state index in [2.05, 4.69) is 22.6 Å². The lowest BCUT2D eigenvalue weighted by Crippen LogP contribution is -2.01. The molecule has 0 aliphatic heterocycles. The van der Waals surface area contributed by atoms with Gasteiger partial charge in [0, 0.05) is 8.59 Å². The van der Waals surface area contributed by atoms with E-state index in [1.165, 1.54) is 12.1 Å². The Labute approximate surface area is 119 Å². The van der Waals surface area contributed by atoms with Crippen molar-refractivity contribution in [1.82, 2.24) is 0 Å². The van der Waals surface area contributed by atoms with E-state index in [0.717, 1.165) is 3.57 Å². The molecule has 0 bridgehead atoms. The monoisotopic (exact) mass is 378 g/mol. The molecule has 88 valence electrons. The van der Waals surface area contributed by atoms with E-state index in [1.54, 1.807) is 36.4 Å². The van der Waals surface area contributed by atoms with Crippen molar-refractivity contribution in [3.8, 4) is 0 Å². The Morgan fingerprint density at radius 3 is 1.71 bits per heavy atom. The predicted molar refractivity (Wildman–Crippen MR) is 76.1 cm³/mol. The first kappa shape index (κ1) is 12.9. The lowest BCUT2D eigenvalue weighted by atomic mass is 10.4. The summed E-state index contributed by atoms with van der Waals surface area (Å²) in [6.07, 6.45) is 0. The summed E-state index contributed by atoms with van der Waals surface area (Å²) in [5.41, 5.74) is 0. The Bertz CT molecular complexity index is 567. The van der Waals surface area contributed by atoms with Crippen molar-refractivity contribution < 1.29 is 8.42 Å². The second-order valence-electron chi connectivity index (χ2n) is 3.41. The molecule has 17 heavy (non-hydrogen) atoms. The van der Waals surface area contributed by atoms with Gasteiger partial charge in [-0.3, -0.25) is 0 Å². The Kier molecular flexibility index (Phi) is 3.75. The van der Waals surface area contributed by atoms with Crippen LogP contribution in [-0.2, 0) is 9.84 Å². The van der Waals surface area contributed by atoms with Gasteiger partial charge in [0.1, 0.15) is 0 Å². The number of hydrogen-bond acceptors (Lipinski definition) is 2. The first-order valence-corrected chi connectivity index (χ1v) is 7.70. The molecule has 0 heterocycles. The molecule has 2 nitrogen and oxygen atoms in total. The van der Waals surface area contributed by atoms with E-state index in [-0.39, 0.29) is 4.90 Å². The highest BCUT2D eigenvalue weighted by Gasteiger charge is 2.16. The Morgan fingerprint density at radius 2 is 1.24 bits per heavy atom. The Balaban J connectivity index is 2.50. The van der Waals surface area contributed by atoms with Crippen molar-refractivity contribution in [1.29, 1.82) is 0 Å². The molecule has 0 saturated carbocycles. The third-order valence-corrected chi connectivity index (χ3v) is 5.00. The van der Waals surface area contributed by atoms with Crippen LogP contribution < -0.4 is 0 Å². The van der Waals surface area contributed by atoms with Crippen LogP contribution in [-0.4, -0.2) is 8.42 Å². The van der Waals surface area contributed by atoms with Crippen LogP contribution in [0.1, 0.15) is 0 Å². The second kappa shape index (κ2) is 4.96. The quantitative estimate of drug-likeness (QED) is 0.745. The predicted octanol–water partition coefficient (Wildman–Crippen LogP) is 3.78. The maximum atomic E-state index is 12.2. The minimum Gasteiger partial charge on any atom is -0.219 e. The van der Waals surface area contributed by atoms with Crippen LogP contribution in [0.5, 0.6) is 0 Å². The largest absolute Gasteiger partial charge is 0.219 e. The molecule has 0 saturated heterocycles. The van der Waals surface area contributed by atoms with Crippen molar-refractivity contribution >= 4 is 44.0 Å². The zero-order valence-electron chi connectivity index (χ0n) is 8.60. The molecule has 0 radical (unpaired) electrons. The van der Waals surface area contributed by atoms with Gasteiger partial charge in [0.25, 0.3) is 0 Å². The van der Waals surface area contributed by atoms with Gasteiger partial charge in [-0.25, -0.2) is 8.42 Å². The third-order valence-electron chi connectivity index (χ3n) is 2.25. The molecule has 0 aliphatic rings. The van der Waals surface area contributed by atoms with E-state index < -0.39 is 9.84 Å². The van der Waals surface area contributed by atoms with Crippen LogP contribution in [0.15, 0.2) is 58.3 Å². The summed E-state index contributed by atoms with van der Waals surface area (Å²) in [7, 11) is -3.43. The van der Waals surface area contributed by atoms with Gasteiger partial charge in [0.05, 0.1) is 9.79 Å². The van der Waals surface area contributed by atoms with Crippen LogP contribution >= 0.6 is 34.2 Å². The van der Waals surface area contributed by atoms with Crippen molar-refractivity contribution in [3.05, 3.63) is 57.1 Å². The molecule has 5 heteroatoms. The van der Waals surface area contributed by atoms with Gasteiger partial charge in [-0.1, -0.05) is 11.6 Å². The Hall–Kier alpha value is -0.590. The molecule has 0 aromatic heterocycles. The van der Waals surface area contributed by atoms with Gasteiger partial charge >= 0.3 is 0 Å². The fraction of sp³-hybridized carbons (Fsp3) is 0. The van der Waals surface area contributed by atoms with Crippen molar-refractivity contribution in [2.75, 3.05) is 0 Å². The highest BCUT2D eigenvalue weighted by molar-refractivity contribution is 14.1. The van der Waals surface area contributed by atoms with Crippen LogP contribution in [0.4, 0.5) is 0 Å². The normalized spacial score (nSPS) is 11.4. The first-order valence-electron chi connectivity index (χ1n) is 4.76. The molecule has 0 amide bonds. The van der Waals surface area contributed by atoms with Gasteiger partial charge in [-0.15, -0.1) is 0 Å². The number of sulfone groups is 1. The molecular weight excluding hydrogens is 371 g/mol. The standard InChI is InChI=1S/C12H8ClIO2S/c13-9-1-5-11(6-2-9)17(15,16)12-7-3-10(14)4-8-12/h1-8H. The average Bonchev–Trinajstić information content (AvgIpc) is 2.30. The maximum absolute atomic E-state index is 12.2. The van der Waals surface area contributed by atoms with E-state index in [9.17, 15) is 8.42 Å². The molecule has 2 aromatic rings. The van der Waals surface area contributed by atoms with Crippen LogP contribution in [0, 0.1) is 3.57 Å². The fourth-order valence-corrected chi connectivity index (χ4v) is 3.11. The summed E-state index contributed by atoms with van der Waals surface area (Å²) in [6.45, 7) is 0. The summed E-state index contributed by atoms with van der Waals surface area (Å²) in [5.74, 6) is 0. The molecular formula is C12H8ClIO2S. The maximum Gasteiger partial charge on any atom is 0.206 e. The van der Waals surface area contributed by atoms with Gasteiger partial charge in [0.2, 0.25) is 9.84 Å². The highest BCUT2D eigenvalue weighted by atomic mass is 127. The lowest BCUT2D eigenvalue weighted by Gasteiger charge is -2.04. The summed E-state index contributed by atoms with van der Waals surface area (Å²) < 4.78 is 25.4. The van der Waals surface area contributed by atoms with E-state index in [0.29, 0.717) is 9.92 Å². The van der Waals surface area contributed by atoms with Crippen LogP contribution in [0.3, 0.4) is 0 Å². The number of benzene rings is 2. The second-order valence-corrected chi connectivity index (χ2v) is 7.04. The summed E-state index contributed by atoms with van der Waals surface area (Å²) in [5, 5.41) is 0.520. The fourth-order valence-electron chi connectivity index (χ4n) is 1.36. The zero-order chi connectivity index (χ0) is 12.5. The highest BCUT2D eigenvalue weighted by Crippen LogP contribution is 2.22. The third kappa shape index (κ3) is 2.81. The van der Waals surface area contributed by atoms with E-state index >= 15 is 0 Å². The summed E-state index contributed by atoms with van der Waals surface area (Å²) in [6, 6.07) is 12.9. The smallest absolute Gasteiger partial charge is 0.206 e. The number of hydrogen-bond donors (Lipinski definition) is 0. The molecule has 0 unspecified atom stereocenters. The average molecular weight is 379 g/mol. The van der Waals surface area contributed by atoms with Crippen LogP contribution in [0.2, 0.25) is 5.02 Å². The molecule has 0 aliphatic carbocycles. The van der Waals surface area contributed by atoms with Crippen molar-refractivity contribution in [2.45, 2.75) is 9.79 Å². The van der Waals surface area contributed by atoms with Gasteiger partial charge in [-0.2, -0.15) is 0 Å². The van der Waals surface area contributed by atoms with Gasteiger partial charge in [0.15, 0.2) is 0 Å². The zero-order valence-corrected chi connectivity index (χ0v) is 12.3. The molecule has 0 spiro atoms. The van der Waals surface area contributed by atoms with Crippen LogP contribution in [0.25, 0.3) is 0 Å². The molecule has 2 aromatic carbocycles. The van der Waals surface area contributed by atoms with E-state index in [1.807, 2.05) is 0 Å². The lowest BCUT2D eigenvalue weighted by molar-refractivity contribution is 0.596.